The molecule has 0 aliphatic rings. The van der Waals surface area contributed by atoms with E-state index in [1.165, 1.54) is 18.7 Å². The molecule has 0 spiro atoms. The maximum Gasteiger partial charge on any atom is 0.315 e. The van der Waals surface area contributed by atoms with Gasteiger partial charge in [0, 0.05) is 18.3 Å². The highest BCUT2D eigenvalue weighted by atomic mass is 32.2. The van der Waals surface area contributed by atoms with Gasteiger partial charge >= 0.3 is 5.97 Å². The number of rotatable bonds is 7. The minimum Gasteiger partial charge on any atom is -0.465 e. The molecule has 0 saturated heterocycles. The van der Waals surface area contributed by atoms with Crippen LogP contribution in [-0.2, 0) is 19.1 Å². The quantitative estimate of drug-likeness (QED) is 0.752. The Balaban J connectivity index is 2.46. The van der Waals surface area contributed by atoms with Crippen molar-refractivity contribution < 1.29 is 19.1 Å². The van der Waals surface area contributed by atoms with Crippen LogP contribution in [0.25, 0.3) is 0 Å². The first-order valence-corrected chi connectivity index (χ1v) is 7.93. The Morgan fingerprint density at radius 1 is 1.14 bits per heavy atom. The van der Waals surface area contributed by atoms with Gasteiger partial charge in [0.05, 0.1) is 17.6 Å². The predicted octanol–water partition coefficient (Wildman–Crippen LogP) is 2.27. The van der Waals surface area contributed by atoms with Crippen molar-refractivity contribution in [3.8, 4) is 0 Å². The third-order valence-corrected chi connectivity index (χ3v) is 3.71. The van der Waals surface area contributed by atoms with Gasteiger partial charge in [0.1, 0.15) is 0 Å². The van der Waals surface area contributed by atoms with Gasteiger partial charge < -0.3 is 15.4 Å². The summed E-state index contributed by atoms with van der Waals surface area (Å²) in [5, 5.41) is 5.02. The van der Waals surface area contributed by atoms with E-state index in [1.54, 1.807) is 38.1 Å². The van der Waals surface area contributed by atoms with Crippen LogP contribution in [0.2, 0.25) is 0 Å². The summed E-state index contributed by atoms with van der Waals surface area (Å²) in [6.07, 6.45) is 0. The van der Waals surface area contributed by atoms with Crippen molar-refractivity contribution in [2.75, 3.05) is 23.0 Å². The first-order chi connectivity index (χ1) is 10.4. The van der Waals surface area contributed by atoms with E-state index >= 15 is 0 Å². The van der Waals surface area contributed by atoms with Gasteiger partial charge in [-0.05, 0) is 38.1 Å². The molecule has 6 nitrogen and oxygen atoms in total. The summed E-state index contributed by atoms with van der Waals surface area (Å²) in [7, 11) is 0. The van der Waals surface area contributed by atoms with Gasteiger partial charge in [0.15, 0.2) is 0 Å². The lowest BCUT2D eigenvalue weighted by Gasteiger charge is -2.12. The van der Waals surface area contributed by atoms with Gasteiger partial charge in [-0.3, -0.25) is 14.4 Å². The number of nitrogens with one attached hydrogen (secondary N) is 2. The summed E-state index contributed by atoms with van der Waals surface area (Å²) in [6, 6.07) is 6.80. The van der Waals surface area contributed by atoms with Crippen LogP contribution >= 0.6 is 11.8 Å². The fourth-order valence-electron chi connectivity index (χ4n) is 1.56. The van der Waals surface area contributed by atoms with Gasteiger partial charge in [-0.2, -0.15) is 0 Å². The van der Waals surface area contributed by atoms with Crippen LogP contribution in [0.15, 0.2) is 24.3 Å². The molecule has 0 aliphatic carbocycles. The molecule has 0 saturated carbocycles. The summed E-state index contributed by atoms with van der Waals surface area (Å²) < 4.78 is 4.81. The lowest BCUT2D eigenvalue weighted by atomic mass is 10.2. The first kappa shape index (κ1) is 18.0. The largest absolute Gasteiger partial charge is 0.465 e. The zero-order chi connectivity index (χ0) is 16.5. The Hall–Kier alpha value is -2.02. The number of hydrogen-bond donors (Lipinski definition) is 2. The molecule has 22 heavy (non-hydrogen) atoms. The maximum absolute atomic E-state index is 12.0. The molecule has 0 fully saturated rings. The molecule has 120 valence electrons. The predicted molar refractivity (Wildman–Crippen MR) is 87.9 cm³/mol. The lowest BCUT2D eigenvalue weighted by molar-refractivity contribution is -0.139. The fourth-order valence-corrected chi connectivity index (χ4v) is 2.24. The average Bonchev–Trinajstić information content (AvgIpc) is 2.46. The Bertz CT molecular complexity index is 531. The molecule has 0 aromatic heterocycles. The molecule has 2 N–H and O–H groups in total. The summed E-state index contributed by atoms with van der Waals surface area (Å²) in [5.41, 5.74) is 1.29. The third-order valence-electron chi connectivity index (χ3n) is 2.60. The molecule has 1 aromatic rings. The molecular formula is C15H20N2O4S. The average molecular weight is 324 g/mol. The summed E-state index contributed by atoms with van der Waals surface area (Å²) in [5.74, 6) is -0.529. The van der Waals surface area contributed by atoms with Gasteiger partial charge in [-0.1, -0.05) is 0 Å². The minimum atomic E-state index is -0.376. The SMILES string of the molecule is CCOC(=O)CSC(C)C(=O)Nc1ccc(NC(C)=O)cc1. The Morgan fingerprint density at radius 3 is 2.18 bits per heavy atom. The van der Waals surface area contributed by atoms with Gasteiger partial charge in [-0.25, -0.2) is 0 Å². The minimum absolute atomic E-state index is 0.143. The van der Waals surface area contributed by atoms with E-state index in [1.807, 2.05) is 0 Å². The standard InChI is InChI=1S/C15H20N2O4S/c1-4-21-14(19)9-22-10(2)15(20)17-13-7-5-12(6-8-13)16-11(3)18/h5-8,10H,4,9H2,1-3H3,(H,16,18)(H,17,20). The summed E-state index contributed by atoms with van der Waals surface area (Å²) in [4.78, 5) is 34.2. The summed E-state index contributed by atoms with van der Waals surface area (Å²) >= 11 is 1.22. The van der Waals surface area contributed by atoms with E-state index in [4.69, 9.17) is 4.74 Å². The topological polar surface area (TPSA) is 84.5 Å². The van der Waals surface area contributed by atoms with Crippen molar-refractivity contribution in [2.45, 2.75) is 26.0 Å². The van der Waals surface area contributed by atoms with E-state index < -0.39 is 0 Å². The number of esters is 1. The highest BCUT2D eigenvalue weighted by molar-refractivity contribution is 8.01. The van der Waals surface area contributed by atoms with E-state index in [0.29, 0.717) is 18.0 Å². The van der Waals surface area contributed by atoms with Crippen molar-refractivity contribution >= 4 is 40.9 Å². The summed E-state index contributed by atoms with van der Waals surface area (Å²) in [6.45, 7) is 5.23. The number of carbonyl (C=O) groups excluding carboxylic acids is 3. The van der Waals surface area contributed by atoms with Gasteiger partial charge in [-0.15, -0.1) is 11.8 Å². The number of hydrogen-bond acceptors (Lipinski definition) is 5. The van der Waals surface area contributed by atoms with Crippen LogP contribution in [-0.4, -0.2) is 35.4 Å². The van der Waals surface area contributed by atoms with Crippen LogP contribution in [0.5, 0.6) is 0 Å². The fraction of sp³-hybridized carbons (Fsp3) is 0.400. The Kier molecular flexibility index (Phi) is 7.45. The highest BCUT2D eigenvalue weighted by Gasteiger charge is 2.15. The molecule has 0 bridgehead atoms. The first-order valence-electron chi connectivity index (χ1n) is 6.88. The molecule has 0 heterocycles. The van der Waals surface area contributed by atoms with E-state index in [2.05, 4.69) is 10.6 Å². The lowest BCUT2D eigenvalue weighted by Crippen LogP contribution is -2.24. The molecule has 1 aromatic carbocycles. The van der Waals surface area contributed by atoms with Gasteiger partial charge in [0.25, 0.3) is 0 Å². The van der Waals surface area contributed by atoms with Crippen molar-refractivity contribution in [1.29, 1.82) is 0 Å². The number of carbonyl (C=O) groups is 3. The second kappa shape index (κ2) is 9.09. The van der Waals surface area contributed by atoms with E-state index in [9.17, 15) is 14.4 Å². The van der Waals surface area contributed by atoms with Crippen LogP contribution in [0.3, 0.4) is 0 Å². The Morgan fingerprint density at radius 2 is 1.68 bits per heavy atom. The second-order valence-corrected chi connectivity index (χ2v) is 5.84. The molecule has 2 amide bonds. The van der Waals surface area contributed by atoms with Crippen LogP contribution in [0, 0.1) is 0 Å². The molecule has 1 unspecified atom stereocenters. The highest BCUT2D eigenvalue weighted by Crippen LogP contribution is 2.17. The number of thioether (sulfide) groups is 1. The van der Waals surface area contributed by atoms with Crippen molar-refractivity contribution in [3.05, 3.63) is 24.3 Å². The number of anilines is 2. The molecule has 0 aliphatic heterocycles. The zero-order valence-corrected chi connectivity index (χ0v) is 13.7. The molecule has 1 rings (SSSR count). The van der Waals surface area contributed by atoms with Crippen LogP contribution in [0.4, 0.5) is 11.4 Å². The van der Waals surface area contributed by atoms with Crippen molar-refractivity contribution in [1.82, 2.24) is 0 Å². The van der Waals surface area contributed by atoms with E-state index in [-0.39, 0.29) is 28.8 Å². The van der Waals surface area contributed by atoms with Crippen LogP contribution in [0.1, 0.15) is 20.8 Å². The number of amides is 2. The third kappa shape index (κ3) is 6.62. The van der Waals surface area contributed by atoms with Crippen molar-refractivity contribution in [3.63, 3.8) is 0 Å². The Labute approximate surface area is 134 Å². The molecule has 1 atom stereocenters. The zero-order valence-electron chi connectivity index (χ0n) is 12.8. The smallest absolute Gasteiger partial charge is 0.315 e. The second-order valence-electron chi connectivity index (χ2n) is 4.51. The monoisotopic (exact) mass is 324 g/mol. The molecule has 7 heteroatoms. The van der Waals surface area contributed by atoms with Gasteiger partial charge in [0.2, 0.25) is 11.8 Å². The number of ether oxygens (including phenoxy) is 1. The van der Waals surface area contributed by atoms with Crippen molar-refractivity contribution in [2.24, 2.45) is 0 Å². The van der Waals surface area contributed by atoms with E-state index in [0.717, 1.165) is 0 Å². The maximum atomic E-state index is 12.0. The number of benzene rings is 1. The van der Waals surface area contributed by atoms with Crippen LogP contribution < -0.4 is 10.6 Å². The normalized spacial score (nSPS) is 11.4. The molecular weight excluding hydrogens is 304 g/mol. The molecule has 0 radical (unpaired) electrons.